The number of hydrogen-bond acceptors (Lipinski definition) is 8. The molecule has 0 radical (unpaired) electrons. The van der Waals surface area contributed by atoms with Crippen molar-refractivity contribution in [3.05, 3.63) is 104 Å². The van der Waals surface area contributed by atoms with E-state index in [0.29, 0.717) is 0 Å². The van der Waals surface area contributed by atoms with Crippen LogP contribution < -0.4 is 11.2 Å². The third-order valence-corrected chi connectivity index (χ3v) is 6.59. The maximum Gasteiger partial charge on any atom is 0.330 e. The Kier molecular flexibility index (Phi) is 8.30. The van der Waals surface area contributed by atoms with Gasteiger partial charge in [0.15, 0.2) is 17.9 Å². The largest absolute Gasteiger partial charge is 0.373 e. The van der Waals surface area contributed by atoms with Gasteiger partial charge in [-0.15, -0.1) is 6.42 Å². The summed E-state index contributed by atoms with van der Waals surface area (Å²) in [6.45, 7) is 1.54. The standard InChI is InChI=1S/C27H28N2O8S/c1-4-27(18-34-16-20-11-7-5-8-12-20)23(35-17-21-13-9-6-10-14-21)22(37-38(3,32)33)25(36-27)29-15-19(2)24(30)28-26(29)31/h1,5-15,22-23,25H,16-18H2,2-3H3,(H,28,30,31)/t22-,23+,25-,27-/m1/s1. The molecular formula is C27H28N2O8S. The minimum Gasteiger partial charge on any atom is -0.373 e. The fourth-order valence-electron chi connectivity index (χ4n) is 4.21. The molecule has 1 aromatic heterocycles. The van der Waals surface area contributed by atoms with Crippen LogP contribution in [0.1, 0.15) is 22.9 Å². The molecule has 2 heterocycles. The predicted molar refractivity (Wildman–Crippen MR) is 139 cm³/mol. The van der Waals surface area contributed by atoms with Crippen LogP contribution in [0.5, 0.6) is 0 Å². The number of benzene rings is 2. The molecule has 0 aliphatic carbocycles. The van der Waals surface area contributed by atoms with E-state index in [0.717, 1.165) is 21.9 Å². The van der Waals surface area contributed by atoms with E-state index in [1.54, 1.807) is 0 Å². The van der Waals surface area contributed by atoms with E-state index < -0.39 is 45.4 Å². The number of aryl methyl sites for hydroxylation is 1. The van der Waals surface area contributed by atoms with Crippen molar-refractivity contribution >= 4 is 10.1 Å². The Morgan fingerprint density at radius 2 is 1.66 bits per heavy atom. The predicted octanol–water partition coefficient (Wildman–Crippen LogP) is 1.89. The third-order valence-electron chi connectivity index (χ3n) is 6.02. The normalized spacial score (nSPS) is 23.2. The van der Waals surface area contributed by atoms with Crippen molar-refractivity contribution in [2.45, 2.75) is 44.2 Å². The van der Waals surface area contributed by atoms with Gasteiger partial charge in [0.05, 0.1) is 26.1 Å². The molecule has 0 bridgehead atoms. The molecule has 1 fully saturated rings. The van der Waals surface area contributed by atoms with Crippen LogP contribution in [-0.4, -0.2) is 48.6 Å². The topological polar surface area (TPSA) is 126 Å². The molecule has 0 spiro atoms. The second kappa shape index (κ2) is 11.5. The van der Waals surface area contributed by atoms with Gasteiger partial charge in [-0.3, -0.25) is 18.5 Å². The van der Waals surface area contributed by atoms with Gasteiger partial charge in [-0.25, -0.2) is 4.79 Å². The van der Waals surface area contributed by atoms with E-state index in [1.807, 2.05) is 60.7 Å². The van der Waals surface area contributed by atoms with E-state index in [4.69, 9.17) is 24.8 Å². The first kappa shape index (κ1) is 27.5. The van der Waals surface area contributed by atoms with Crippen LogP contribution in [-0.2, 0) is 41.7 Å². The molecule has 2 aromatic carbocycles. The van der Waals surface area contributed by atoms with Crippen molar-refractivity contribution in [3.63, 3.8) is 0 Å². The lowest BCUT2D eigenvalue weighted by Gasteiger charge is -2.30. The lowest BCUT2D eigenvalue weighted by Crippen LogP contribution is -2.48. The van der Waals surface area contributed by atoms with Crippen LogP contribution in [0.15, 0.2) is 76.4 Å². The third kappa shape index (κ3) is 6.30. The van der Waals surface area contributed by atoms with Crippen molar-refractivity contribution < 1.29 is 26.8 Å². The van der Waals surface area contributed by atoms with Gasteiger partial charge in [-0.2, -0.15) is 8.42 Å². The molecule has 0 saturated carbocycles. The molecule has 0 amide bonds. The number of H-pyrrole nitrogens is 1. The van der Waals surface area contributed by atoms with Crippen molar-refractivity contribution in [2.75, 3.05) is 12.9 Å². The molecule has 10 nitrogen and oxygen atoms in total. The Labute approximate surface area is 220 Å². The highest BCUT2D eigenvalue weighted by molar-refractivity contribution is 7.86. The fraction of sp³-hybridized carbons (Fsp3) is 0.333. The average Bonchev–Trinajstić information content (AvgIpc) is 3.18. The van der Waals surface area contributed by atoms with Gasteiger partial charge in [0.2, 0.25) is 0 Å². The molecule has 0 unspecified atom stereocenters. The minimum absolute atomic E-state index is 0.0485. The summed E-state index contributed by atoms with van der Waals surface area (Å²) in [5.41, 5.74) is -1.18. The van der Waals surface area contributed by atoms with E-state index in [1.165, 1.54) is 13.1 Å². The molecular weight excluding hydrogens is 512 g/mol. The molecule has 3 aromatic rings. The number of aromatic nitrogens is 2. The summed E-state index contributed by atoms with van der Waals surface area (Å²) in [4.78, 5) is 27.0. The number of ether oxygens (including phenoxy) is 3. The summed E-state index contributed by atoms with van der Waals surface area (Å²) in [6.07, 6.45) is 4.20. The maximum absolute atomic E-state index is 12.8. The van der Waals surface area contributed by atoms with E-state index >= 15 is 0 Å². The van der Waals surface area contributed by atoms with Gasteiger partial charge >= 0.3 is 5.69 Å². The number of nitrogens with one attached hydrogen (secondary N) is 1. The van der Waals surface area contributed by atoms with Crippen LogP contribution in [0.3, 0.4) is 0 Å². The second-order valence-corrected chi connectivity index (χ2v) is 10.6. The number of hydrogen-bond donors (Lipinski definition) is 1. The molecule has 4 atom stereocenters. The first-order valence-corrected chi connectivity index (χ1v) is 13.6. The molecule has 11 heteroatoms. The van der Waals surface area contributed by atoms with Crippen molar-refractivity contribution in [3.8, 4) is 12.3 Å². The molecule has 1 aliphatic rings. The summed E-state index contributed by atoms with van der Waals surface area (Å²) >= 11 is 0. The first-order valence-electron chi connectivity index (χ1n) is 11.7. The van der Waals surface area contributed by atoms with Gasteiger partial charge in [0.25, 0.3) is 15.7 Å². The van der Waals surface area contributed by atoms with Crippen LogP contribution >= 0.6 is 0 Å². The first-order chi connectivity index (χ1) is 18.1. The Balaban J connectivity index is 1.74. The summed E-state index contributed by atoms with van der Waals surface area (Å²) in [5.74, 6) is 2.58. The van der Waals surface area contributed by atoms with Gasteiger partial charge < -0.3 is 14.2 Å². The fourth-order valence-corrected chi connectivity index (χ4v) is 4.81. The van der Waals surface area contributed by atoms with Gasteiger partial charge in [-0.05, 0) is 18.1 Å². The smallest absolute Gasteiger partial charge is 0.330 e. The van der Waals surface area contributed by atoms with E-state index in [-0.39, 0.29) is 25.4 Å². The number of aromatic amines is 1. The molecule has 1 saturated heterocycles. The Bertz CT molecular complexity index is 1510. The Hall–Kier alpha value is -3.53. The molecule has 4 rings (SSSR count). The summed E-state index contributed by atoms with van der Waals surface area (Å²) in [6, 6.07) is 18.5. The highest BCUT2D eigenvalue weighted by Gasteiger charge is 2.58. The van der Waals surface area contributed by atoms with Gasteiger partial charge in [-0.1, -0.05) is 66.6 Å². The van der Waals surface area contributed by atoms with Crippen LogP contribution in [0.4, 0.5) is 0 Å². The molecule has 1 aliphatic heterocycles. The van der Waals surface area contributed by atoms with Crippen molar-refractivity contribution in [1.29, 1.82) is 0 Å². The highest BCUT2D eigenvalue weighted by Crippen LogP contribution is 2.41. The SMILES string of the molecule is C#C[C@]1(COCc2ccccc2)O[C@@H](n2cc(C)c(=O)[nH]c2=O)[C@H](OS(C)(=O)=O)[C@@H]1OCc1ccccc1. The zero-order valence-electron chi connectivity index (χ0n) is 20.9. The summed E-state index contributed by atoms with van der Waals surface area (Å²) in [5, 5.41) is 0. The quantitative estimate of drug-likeness (QED) is 0.305. The molecule has 38 heavy (non-hydrogen) atoms. The Morgan fingerprint density at radius 3 is 2.24 bits per heavy atom. The lowest BCUT2D eigenvalue weighted by molar-refractivity contribution is -0.124. The van der Waals surface area contributed by atoms with Gasteiger partial charge in [0.1, 0.15) is 6.10 Å². The zero-order chi connectivity index (χ0) is 27.3. The maximum atomic E-state index is 12.8. The van der Waals surface area contributed by atoms with Crippen LogP contribution in [0, 0.1) is 19.3 Å². The number of terminal acetylenes is 1. The van der Waals surface area contributed by atoms with Crippen molar-refractivity contribution in [2.24, 2.45) is 0 Å². The van der Waals surface area contributed by atoms with Crippen LogP contribution in [0.25, 0.3) is 0 Å². The average molecular weight is 541 g/mol. The van der Waals surface area contributed by atoms with Crippen LogP contribution in [0.2, 0.25) is 0 Å². The minimum atomic E-state index is -4.07. The van der Waals surface area contributed by atoms with E-state index in [2.05, 4.69) is 10.9 Å². The lowest BCUT2D eigenvalue weighted by atomic mass is 9.96. The zero-order valence-corrected chi connectivity index (χ0v) is 21.7. The number of rotatable bonds is 10. The van der Waals surface area contributed by atoms with E-state index in [9.17, 15) is 18.0 Å². The Morgan fingerprint density at radius 1 is 1.05 bits per heavy atom. The molecule has 200 valence electrons. The summed E-state index contributed by atoms with van der Waals surface area (Å²) in [7, 11) is -4.07. The second-order valence-electron chi connectivity index (χ2n) is 8.98. The molecule has 1 N–H and O–H groups in total. The number of nitrogens with zero attached hydrogens (tertiary/aromatic N) is 1. The summed E-state index contributed by atoms with van der Waals surface area (Å²) < 4.78 is 49.4. The highest BCUT2D eigenvalue weighted by atomic mass is 32.2. The van der Waals surface area contributed by atoms with Crippen molar-refractivity contribution in [1.82, 2.24) is 9.55 Å². The monoisotopic (exact) mass is 540 g/mol. The van der Waals surface area contributed by atoms with Gasteiger partial charge in [0, 0.05) is 11.8 Å².